The van der Waals surface area contributed by atoms with Gasteiger partial charge in [-0.1, -0.05) is 13.0 Å². The van der Waals surface area contributed by atoms with Crippen molar-refractivity contribution in [3.05, 3.63) is 24.0 Å². The minimum Gasteiger partial charge on any atom is -0.508 e. The van der Waals surface area contributed by atoms with E-state index in [9.17, 15) is 4.79 Å². The standard InChI is InChI=1S/C8H12O3/c1-2-3-4-7(9)5-6-8(10)11/h3-5,9H,2,6H2,1H3,(H,10,11)/b4-3-,7-5+. The summed E-state index contributed by atoms with van der Waals surface area (Å²) in [6.07, 6.45) is 5.19. The third-order valence-corrected chi connectivity index (χ3v) is 1.01. The zero-order valence-electron chi connectivity index (χ0n) is 6.45. The van der Waals surface area contributed by atoms with Crippen LogP contribution >= 0.6 is 0 Å². The van der Waals surface area contributed by atoms with Crippen molar-refractivity contribution in [1.82, 2.24) is 0 Å². The Labute approximate surface area is 65.7 Å². The van der Waals surface area contributed by atoms with Crippen LogP contribution in [0, 0.1) is 0 Å². The van der Waals surface area contributed by atoms with Crippen molar-refractivity contribution < 1.29 is 15.0 Å². The highest BCUT2D eigenvalue weighted by molar-refractivity contribution is 5.68. The predicted molar refractivity (Wildman–Crippen MR) is 42.4 cm³/mol. The second-order valence-electron chi connectivity index (χ2n) is 2.04. The Hall–Kier alpha value is -1.25. The van der Waals surface area contributed by atoms with Gasteiger partial charge in [0.25, 0.3) is 0 Å². The Morgan fingerprint density at radius 1 is 1.45 bits per heavy atom. The molecule has 0 aromatic rings. The van der Waals surface area contributed by atoms with Crippen LogP contribution in [0.25, 0.3) is 0 Å². The minimum atomic E-state index is -0.943. The highest BCUT2D eigenvalue weighted by Crippen LogP contribution is 1.95. The van der Waals surface area contributed by atoms with Crippen molar-refractivity contribution in [2.75, 3.05) is 0 Å². The second kappa shape index (κ2) is 5.53. The van der Waals surface area contributed by atoms with E-state index in [2.05, 4.69) is 0 Å². The number of aliphatic hydroxyl groups excluding tert-OH is 1. The SMILES string of the molecule is CC/C=C\C(O)=C/CC(=O)O. The maximum Gasteiger partial charge on any atom is 0.307 e. The van der Waals surface area contributed by atoms with Gasteiger partial charge in [0.2, 0.25) is 0 Å². The second-order valence-corrected chi connectivity index (χ2v) is 2.04. The van der Waals surface area contributed by atoms with E-state index < -0.39 is 5.97 Å². The first-order chi connectivity index (χ1) is 5.16. The summed E-state index contributed by atoms with van der Waals surface area (Å²) in [5, 5.41) is 17.1. The lowest BCUT2D eigenvalue weighted by molar-refractivity contribution is -0.136. The third kappa shape index (κ3) is 6.64. The molecule has 11 heavy (non-hydrogen) atoms. The molecule has 0 heterocycles. The lowest BCUT2D eigenvalue weighted by Gasteiger charge is -1.88. The van der Waals surface area contributed by atoms with Gasteiger partial charge in [-0.3, -0.25) is 4.79 Å². The molecule has 0 unspecified atom stereocenters. The van der Waals surface area contributed by atoms with Gasteiger partial charge < -0.3 is 10.2 Å². The van der Waals surface area contributed by atoms with E-state index in [-0.39, 0.29) is 12.2 Å². The molecule has 2 N–H and O–H groups in total. The van der Waals surface area contributed by atoms with Gasteiger partial charge in [-0.2, -0.15) is 0 Å². The highest BCUT2D eigenvalue weighted by Gasteiger charge is 1.91. The van der Waals surface area contributed by atoms with Crippen LogP contribution in [0.15, 0.2) is 24.0 Å². The van der Waals surface area contributed by atoms with Crippen LogP contribution in [-0.2, 0) is 4.79 Å². The van der Waals surface area contributed by atoms with Crippen molar-refractivity contribution >= 4 is 5.97 Å². The lowest BCUT2D eigenvalue weighted by Crippen LogP contribution is -1.91. The zero-order chi connectivity index (χ0) is 8.69. The molecule has 0 saturated heterocycles. The van der Waals surface area contributed by atoms with Crippen LogP contribution in [0.3, 0.4) is 0 Å². The molecule has 0 spiro atoms. The molecule has 0 amide bonds. The fourth-order valence-electron chi connectivity index (χ4n) is 0.499. The maximum atomic E-state index is 10.00. The van der Waals surface area contributed by atoms with Gasteiger partial charge in [-0.25, -0.2) is 0 Å². The quantitative estimate of drug-likeness (QED) is 0.482. The lowest BCUT2D eigenvalue weighted by atomic mass is 10.3. The van der Waals surface area contributed by atoms with E-state index in [1.807, 2.05) is 6.92 Å². The van der Waals surface area contributed by atoms with Crippen molar-refractivity contribution in [2.45, 2.75) is 19.8 Å². The fraction of sp³-hybridized carbons (Fsp3) is 0.375. The summed E-state index contributed by atoms with van der Waals surface area (Å²) in [6, 6.07) is 0. The summed E-state index contributed by atoms with van der Waals surface area (Å²) in [5.41, 5.74) is 0. The van der Waals surface area contributed by atoms with Crippen LogP contribution in [0.1, 0.15) is 19.8 Å². The molecular formula is C8H12O3. The van der Waals surface area contributed by atoms with Gasteiger partial charge in [0.15, 0.2) is 0 Å². The molecule has 0 radical (unpaired) electrons. The largest absolute Gasteiger partial charge is 0.508 e. The first-order valence-electron chi connectivity index (χ1n) is 3.44. The molecule has 62 valence electrons. The Balaban J connectivity index is 3.81. The first kappa shape index (κ1) is 9.75. The molecule has 0 saturated carbocycles. The van der Waals surface area contributed by atoms with Gasteiger partial charge in [-0.15, -0.1) is 0 Å². The zero-order valence-corrected chi connectivity index (χ0v) is 6.45. The van der Waals surface area contributed by atoms with Crippen molar-refractivity contribution in [1.29, 1.82) is 0 Å². The minimum absolute atomic E-state index is 0.00856. The van der Waals surface area contributed by atoms with E-state index in [0.29, 0.717) is 0 Å². The smallest absolute Gasteiger partial charge is 0.307 e. The number of carbonyl (C=O) groups is 1. The number of aliphatic hydroxyl groups is 1. The maximum absolute atomic E-state index is 10.00. The Kier molecular flexibility index (Phi) is 4.90. The van der Waals surface area contributed by atoms with Gasteiger partial charge in [0.05, 0.1) is 6.42 Å². The van der Waals surface area contributed by atoms with Crippen molar-refractivity contribution in [3.8, 4) is 0 Å². The van der Waals surface area contributed by atoms with E-state index in [0.717, 1.165) is 6.42 Å². The van der Waals surface area contributed by atoms with Gasteiger partial charge >= 0.3 is 5.97 Å². The van der Waals surface area contributed by atoms with Gasteiger partial charge in [0.1, 0.15) is 5.76 Å². The highest BCUT2D eigenvalue weighted by atomic mass is 16.4. The molecule has 0 fully saturated rings. The summed E-state index contributed by atoms with van der Waals surface area (Å²) in [7, 11) is 0. The average Bonchev–Trinajstić information content (AvgIpc) is 1.97. The molecule has 0 rings (SSSR count). The topological polar surface area (TPSA) is 57.5 Å². The van der Waals surface area contributed by atoms with Crippen LogP contribution in [0.5, 0.6) is 0 Å². The van der Waals surface area contributed by atoms with Crippen LogP contribution in [-0.4, -0.2) is 16.2 Å². The van der Waals surface area contributed by atoms with Gasteiger partial charge in [0, 0.05) is 0 Å². The summed E-state index contributed by atoms with van der Waals surface area (Å²) in [5.74, 6) is -0.935. The van der Waals surface area contributed by atoms with Crippen molar-refractivity contribution in [3.63, 3.8) is 0 Å². The van der Waals surface area contributed by atoms with Crippen LogP contribution in [0.2, 0.25) is 0 Å². The molecule has 0 atom stereocenters. The molecule has 3 heteroatoms. The molecule has 3 nitrogen and oxygen atoms in total. The Morgan fingerprint density at radius 3 is 2.55 bits per heavy atom. The monoisotopic (exact) mass is 156 g/mol. The summed E-state index contributed by atoms with van der Waals surface area (Å²) in [6.45, 7) is 1.93. The molecule has 0 aliphatic carbocycles. The Bertz CT molecular complexity index is 180. The van der Waals surface area contributed by atoms with E-state index >= 15 is 0 Å². The van der Waals surface area contributed by atoms with E-state index in [1.165, 1.54) is 12.2 Å². The summed E-state index contributed by atoms with van der Waals surface area (Å²) < 4.78 is 0. The Morgan fingerprint density at radius 2 is 2.09 bits per heavy atom. The third-order valence-electron chi connectivity index (χ3n) is 1.01. The average molecular weight is 156 g/mol. The number of aliphatic carboxylic acids is 1. The number of hydrogen-bond donors (Lipinski definition) is 2. The molecule has 0 aliphatic heterocycles. The van der Waals surface area contributed by atoms with Crippen LogP contribution < -0.4 is 0 Å². The molecular weight excluding hydrogens is 144 g/mol. The molecule has 0 aliphatic rings. The van der Waals surface area contributed by atoms with Crippen molar-refractivity contribution in [2.24, 2.45) is 0 Å². The van der Waals surface area contributed by atoms with E-state index in [4.69, 9.17) is 10.2 Å². The predicted octanol–water partition coefficient (Wildman–Crippen LogP) is 1.87. The number of allylic oxidation sites excluding steroid dienone is 2. The molecule has 0 aromatic heterocycles. The number of rotatable bonds is 4. The summed E-state index contributed by atoms with van der Waals surface area (Å²) in [4.78, 5) is 10.00. The number of hydrogen-bond acceptors (Lipinski definition) is 2. The number of carboxylic acid groups (broad SMARTS) is 1. The normalized spacial score (nSPS) is 12.3. The molecule has 0 bridgehead atoms. The fourth-order valence-corrected chi connectivity index (χ4v) is 0.499. The van der Waals surface area contributed by atoms with Crippen LogP contribution in [0.4, 0.5) is 0 Å². The first-order valence-corrected chi connectivity index (χ1v) is 3.44. The summed E-state index contributed by atoms with van der Waals surface area (Å²) >= 11 is 0. The van der Waals surface area contributed by atoms with E-state index in [1.54, 1.807) is 6.08 Å². The number of carboxylic acids is 1. The molecule has 0 aromatic carbocycles. The van der Waals surface area contributed by atoms with Gasteiger partial charge in [-0.05, 0) is 18.6 Å².